The van der Waals surface area contributed by atoms with Crippen molar-refractivity contribution in [1.29, 1.82) is 0 Å². The Balaban J connectivity index is 2.20. The first kappa shape index (κ1) is 14.2. The van der Waals surface area contributed by atoms with E-state index in [0.29, 0.717) is 19.1 Å². The second-order valence-electron chi connectivity index (χ2n) is 4.44. The number of hydrogen-bond donors (Lipinski definition) is 2. The number of ether oxygens (including phenoxy) is 1. The lowest BCUT2D eigenvalue weighted by atomic mass is 10.0. The van der Waals surface area contributed by atoms with Crippen LogP contribution in [-0.4, -0.2) is 36.9 Å². The van der Waals surface area contributed by atoms with Gasteiger partial charge in [0.1, 0.15) is 6.04 Å². The number of carbonyl (C=O) groups is 1. The lowest BCUT2D eigenvalue weighted by Crippen LogP contribution is -2.35. The van der Waals surface area contributed by atoms with Crippen molar-refractivity contribution < 1.29 is 14.6 Å². The van der Waals surface area contributed by atoms with E-state index in [4.69, 9.17) is 9.84 Å². The Labute approximate surface area is 103 Å². The van der Waals surface area contributed by atoms with Crippen molar-refractivity contribution in [2.45, 2.75) is 50.7 Å². The Morgan fingerprint density at radius 1 is 1.47 bits per heavy atom. The topological polar surface area (TPSA) is 58.6 Å². The fraction of sp³-hybridized carbons (Fsp3) is 0.769. The predicted octanol–water partition coefficient (Wildman–Crippen LogP) is 1.95. The van der Waals surface area contributed by atoms with Gasteiger partial charge in [-0.2, -0.15) is 0 Å². The Morgan fingerprint density at radius 2 is 2.24 bits per heavy atom. The molecule has 0 bridgehead atoms. The molecule has 0 aromatic carbocycles. The Morgan fingerprint density at radius 3 is 2.94 bits per heavy atom. The second kappa shape index (κ2) is 8.25. The first-order chi connectivity index (χ1) is 8.24. The average molecular weight is 241 g/mol. The van der Waals surface area contributed by atoms with E-state index >= 15 is 0 Å². The van der Waals surface area contributed by atoms with Crippen LogP contribution in [0.5, 0.6) is 0 Å². The van der Waals surface area contributed by atoms with Gasteiger partial charge < -0.3 is 15.2 Å². The molecule has 0 aromatic heterocycles. The number of nitrogens with one attached hydrogen (secondary N) is 1. The summed E-state index contributed by atoms with van der Waals surface area (Å²) in [5, 5.41) is 11.6. The second-order valence-corrected chi connectivity index (χ2v) is 4.44. The molecule has 0 saturated heterocycles. The van der Waals surface area contributed by atoms with Crippen LogP contribution in [0.25, 0.3) is 0 Å². The summed E-state index contributed by atoms with van der Waals surface area (Å²) in [4.78, 5) is 10.8. The molecular weight excluding hydrogens is 218 g/mol. The van der Waals surface area contributed by atoms with Crippen LogP contribution in [0.1, 0.15) is 38.5 Å². The maximum atomic E-state index is 10.8. The molecule has 4 nitrogen and oxygen atoms in total. The molecule has 17 heavy (non-hydrogen) atoms. The molecule has 4 heteroatoms. The summed E-state index contributed by atoms with van der Waals surface area (Å²) in [5.74, 6) is -0.809. The largest absolute Gasteiger partial charge is 0.480 e. The predicted molar refractivity (Wildman–Crippen MR) is 67.1 cm³/mol. The van der Waals surface area contributed by atoms with Gasteiger partial charge in [-0.05, 0) is 45.6 Å². The number of carboxylic acids is 1. The monoisotopic (exact) mass is 241 g/mol. The third kappa shape index (κ3) is 5.84. The zero-order valence-electron chi connectivity index (χ0n) is 10.5. The third-order valence-electron chi connectivity index (χ3n) is 3.13. The van der Waals surface area contributed by atoms with E-state index in [1.54, 1.807) is 7.05 Å². The number of rotatable bonds is 6. The van der Waals surface area contributed by atoms with E-state index in [9.17, 15) is 4.79 Å². The van der Waals surface area contributed by atoms with Crippen molar-refractivity contribution in [3.8, 4) is 0 Å². The van der Waals surface area contributed by atoms with E-state index in [0.717, 1.165) is 32.1 Å². The Hall–Kier alpha value is -0.870. The fourth-order valence-electron chi connectivity index (χ4n) is 2.04. The van der Waals surface area contributed by atoms with E-state index in [2.05, 4.69) is 17.5 Å². The van der Waals surface area contributed by atoms with Crippen LogP contribution < -0.4 is 5.32 Å². The number of aliphatic carboxylic acids is 1. The van der Waals surface area contributed by atoms with Gasteiger partial charge in [0.25, 0.3) is 0 Å². The third-order valence-corrected chi connectivity index (χ3v) is 3.13. The van der Waals surface area contributed by atoms with E-state index in [1.807, 2.05) is 0 Å². The summed E-state index contributed by atoms with van der Waals surface area (Å²) in [6.07, 6.45) is 10.8. The van der Waals surface area contributed by atoms with Crippen LogP contribution >= 0.6 is 0 Å². The molecule has 98 valence electrons. The summed E-state index contributed by atoms with van der Waals surface area (Å²) in [6.45, 7) is 0.520. The quantitative estimate of drug-likeness (QED) is 0.698. The standard InChI is InChI=1S/C13H23NO3/c1-14-12(13(15)16)9-10-17-11-7-5-3-2-4-6-8-11/h2-3,11-12,14H,4-10H2,1H3,(H,15,16)/b3-2+/t11?,12-/m0/s1. The highest BCUT2D eigenvalue weighted by Crippen LogP contribution is 2.15. The van der Waals surface area contributed by atoms with Crippen molar-refractivity contribution >= 4 is 5.97 Å². The highest BCUT2D eigenvalue weighted by Gasteiger charge is 2.16. The molecule has 0 amide bonds. The van der Waals surface area contributed by atoms with Crippen LogP contribution in [0.15, 0.2) is 12.2 Å². The van der Waals surface area contributed by atoms with Crippen molar-refractivity contribution in [3.05, 3.63) is 12.2 Å². The molecule has 2 atom stereocenters. The van der Waals surface area contributed by atoms with Crippen LogP contribution in [-0.2, 0) is 9.53 Å². The van der Waals surface area contributed by atoms with Gasteiger partial charge in [0.15, 0.2) is 0 Å². The van der Waals surface area contributed by atoms with Crippen LogP contribution in [0.2, 0.25) is 0 Å². The van der Waals surface area contributed by atoms with Gasteiger partial charge in [0.2, 0.25) is 0 Å². The zero-order chi connectivity index (χ0) is 12.5. The van der Waals surface area contributed by atoms with Crippen LogP contribution in [0.3, 0.4) is 0 Å². The van der Waals surface area contributed by atoms with Crippen molar-refractivity contribution in [3.63, 3.8) is 0 Å². The van der Waals surface area contributed by atoms with Gasteiger partial charge in [0, 0.05) is 6.61 Å². The summed E-state index contributed by atoms with van der Waals surface area (Å²) < 4.78 is 5.76. The Kier molecular flexibility index (Phi) is 6.89. The molecule has 1 rings (SSSR count). The van der Waals surface area contributed by atoms with Gasteiger partial charge in [-0.25, -0.2) is 0 Å². The molecule has 1 aliphatic rings. The average Bonchev–Trinajstić information content (AvgIpc) is 2.26. The minimum atomic E-state index is -0.809. The lowest BCUT2D eigenvalue weighted by molar-refractivity contribution is -0.140. The van der Waals surface area contributed by atoms with Crippen LogP contribution in [0, 0.1) is 0 Å². The Bertz CT molecular complexity index is 253. The molecule has 0 aliphatic heterocycles. The highest BCUT2D eigenvalue weighted by atomic mass is 16.5. The van der Waals surface area contributed by atoms with E-state index < -0.39 is 12.0 Å². The summed E-state index contributed by atoms with van der Waals surface area (Å²) in [7, 11) is 1.67. The highest BCUT2D eigenvalue weighted by molar-refractivity contribution is 5.73. The SMILES string of the molecule is CN[C@@H](CCOC1CC/C=C/CCC1)C(=O)O. The molecule has 0 heterocycles. The smallest absolute Gasteiger partial charge is 0.320 e. The normalized spacial score (nSPS) is 24.6. The van der Waals surface area contributed by atoms with E-state index in [-0.39, 0.29) is 0 Å². The molecule has 0 fully saturated rings. The summed E-state index contributed by atoms with van der Waals surface area (Å²) in [5.41, 5.74) is 0. The minimum absolute atomic E-state index is 0.297. The molecule has 0 saturated carbocycles. The summed E-state index contributed by atoms with van der Waals surface area (Å²) in [6, 6.07) is -0.497. The molecule has 0 aromatic rings. The molecule has 0 radical (unpaired) electrons. The number of allylic oxidation sites excluding steroid dienone is 2. The molecular formula is C13H23NO3. The minimum Gasteiger partial charge on any atom is -0.480 e. The first-order valence-electron chi connectivity index (χ1n) is 6.40. The van der Waals surface area contributed by atoms with Gasteiger partial charge in [0.05, 0.1) is 6.10 Å². The summed E-state index contributed by atoms with van der Waals surface area (Å²) >= 11 is 0. The van der Waals surface area contributed by atoms with Gasteiger partial charge in [-0.3, -0.25) is 4.79 Å². The van der Waals surface area contributed by atoms with Crippen molar-refractivity contribution in [2.24, 2.45) is 0 Å². The zero-order valence-corrected chi connectivity index (χ0v) is 10.5. The number of hydrogen-bond acceptors (Lipinski definition) is 3. The van der Waals surface area contributed by atoms with Gasteiger partial charge in [-0.15, -0.1) is 0 Å². The lowest BCUT2D eigenvalue weighted by Gasteiger charge is -2.19. The van der Waals surface area contributed by atoms with Crippen molar-refractivity contribution in [2.75, 3.05) is 13.7 Å². The van der Waals surface area contributed by atoms with Crippen molar-refractivity contribution in [1.82, 2.24) is 5.32 Å². The van der Waals surface area contributed by atoms with Gasteiger partial charge in [-0.1, -0.05) is 12.2 Å². The maximum absolute atomic E-state index is 10.8. The van der Waals surface area contributed by atoms with Crippen LogP contribution in [0.4, 0.5) is 0 Å². The molecule has 0 spiro atoms. The van der Waals surface area contributed by atoms with Gasteiger partial charge >= 0.3 is 5.97 Å². The maximum Gasteiger partial charge on any atom is 0.320 e. The molecule has 1 aliphatic carbocycles. The molecule has 2 N–H and O–H groups in total. The van der Waals surface area contributed by atoms with E-state index in [1.165, 1.54) is 0 Å². The number of likely N-dealkylation sites (N-methyl/N-ethyl adjacent to an activating group) is 1. The number of carboxylic acid groups (broad SMARTS) is 1. The fourth-order valence-corrected chi connectivity index (χ4v) is 2.04. The first-order valence-corrected chi connectivity index (χ1v) is 6.40. The molecule has 1 unspecified atom stereocenters.